The molecule has 8 heteroatoms. The molecule has 0 atom stereocenters. The van der Waals surface area contributed by atoms with Crippen LogP contribution in [0.2, 0.25) is 0 Å². The van der Waals surface area contributed by atoms with E-state index in [1.807, 2.05) is 18.2 Å². The van der Waals surface area contributed by atoms with Crippen molar-refractivity contribution in [2.75, 3.05) is 27.3 Å². The van der Waals surface area contributed by atoms with Crippen molar-refractivity contribution in [3.63, 3.8) is 0 Å². The normalized spacial score (nSPS) is 13.9. The number of rotatable bonds is 5. The number of carbonyl (C=O) groups is 1. The van der Waals surface area contributed by atoms with Gasteiger partial charge in [-0.3, -0.25) is 9.78 Å². The second kappa shape index (κ2) is 9.72. The standard InChI is InChI=1S/C28H25N3O5/c1-31(2)28(33)18-3-5-22(24(32)14-18)26-15-23-27(36-26)21(7-10-30-23)17-4-6-25(19(13-17)16-29)35-20-8-11-34-12-9-20/h3-7,10,13-15,20,32H,8-9,11-12H2,1-2H3. The van der Waals surface area contributed by atoms with Gasteiger partial charge in [-0.05, 0) is 42.0 Å². The van der Waals surface area contributed by atoms with E-state index in [-0.39, 0.29) is 17.8 Å². The zero-order chi connectivity index (χ0) is 25.2. The smallest absolute Gasteiger partial charge is 0.253 e. The minimum atomic E-state index is -0.206. The van der Waals surface area contributed by atoms with Crippen molar-refractivity contribution < 1.29 is 23.8 Å². The molecule has 2 aromatic heterocycles. The van der Waals surface area contributed by atoms with Gasteiger partial charge in [-0.1, -0.05) is 6.07 Å². The number of hydrogen-bond donors (Lipinski definition) is 1. The maximum absolute atomic E-state index is 12.2. The molecule has 182 valence electrons. The van der Waals surface area contributed by atoms with Crippen LogP contribution in [0.4, 0.5) is 0 Å². The highest BCUT2D eigenvalue weighted by Gasteiger charge is 2.20. The number of phenolic OH excluding ortho intramolecular Hbond substituents is 1. The molecule has 0 radical (unpaired) electrons. The summed E-state index contributed by atoms with van der Waals surface area (Å²) < 4.78 is 17.6. The number of fused-ring (bicyclic) bond motifs is 1. The van der Waals surface area contributed by atoms with Crippen molar-refractivity contribution in [2.24, 2.45) is 0 Å². The van der Waals surface area contributed by atoms with Gasteiger partial charge in [0, 0.05) is 50.3 Å². The molecule has 5 rings (SSSR count). The Morgan fingerprint density at radius 3 is 2.64 bits per heavy atom. The number of ether oxygens (including phenoxy) is 2. The van der Waals surface area contributed by atoms with Gasteiger partial charge in [0.15, 0.2) is 5.58 Å². The third-order valence-corrected chi connectivity index (χ3v) is 6.20. The van der Waals surface area contributed by atoms with Crippen LogP contribution in [0.25, 0.3) is 33.6 Å². The van der Waals surface area contributed by atoms with Gasteiger partial charge >= 0.3 is 0 Å². The Labute approximate surface area is 208 Å². The number of aromatic nitrogens is 1. The van der Waals surface area contributed by atoms with Crippen LogP contribution in [0.15, 0.2) is 59.1 Å². The Hall–Kier alpha value is -4.35. The van der Waals surface area contributed by atoms with Gasteiger partial charge in [0.2, 0.25) is 0 Å². The fourth-order valence-corrected chi connectivity index (χ4v) is 4.29. The number of amides is 1. The second-order valence-corrected chi connectivity index (χ2v) is 8.87. The van der Waals surface area contributed by atoms with Gasteiger partial charge in [-0.15, -0.1) is 0 Å². The molecule has 3 heterocycles. The number of benzene rings is 2. The predicted molar refractivity (Wildman–Crippen MR) is 134 cm³/mol. The van der Waals surface area contributed by atoms with Crippen LogP contribution in [-0.2, 0) is 4.74 Å². The Morgan fingerprint density at radius 2 is 1.92 bits per heavy atom. The Bertz CT molecular complexity index is 1480. The number of pyridine rings is 1. The fourth-order valence-electron chi connectivity index (χ4n) is 4.29. The van der Waals surface area contributed by atoms with Gasteiger partial charge in [-0.2, -0.15) is 5.26 Å². The molecule has 2 aromatic carbocycles. The molecule has 0 bridgehead atoms. The lowest BCUT2D eigenvalue weighted by Crippen LogP contribution is -2.26. The summed E-state index contributed by atoms with van der Waals surface area (Å²) in [5.74, 6) is 0.704. The maximum Gasteiger partial charge on any atom is 0.253 e. The van der Waals surface area contributed by atoms with E-state index in [9.17, 15) is 15.2 Å². The molecule has 0 spiro atoms. The Kier molecular flexibility index (Phi) is 6.32. The molecular weight excluding hydrogens is 458 g/mol. The monoisotopic (exact) mass is 483 g/mol. The van der Waals surface area contributed by atoms with Crippen LogP contribution in [0, 0.1) is 11.3 Å². The minimum absolute atomic E-state index is 0.0315. The van der Waals surface area contributed by atoms with Crippen LogP contribution in [0.5, 0.6) is 11.5 Å². The number of nitriles is 1. The first-order valence-corrected chi connectivity index (χ1v) is 11.7. The van der Waals surface area contributed by atoms with E-state index in [0.717, 1.165) is 24.0 Å². The number of nitrogens with zero attached hydrogens (tertiary/aromatic N) is 3. The second-order valence-electron chi connectivity index (χ2n) is 8.87. The van der Waals surface area contributed by atoms with Crippen molar-refractivity contribution >= 4 is 17.0 Å². The SMILES string of the molecule is CN(C)C(=O)c1ccc(-c2cc3nccc(-c4ccc(OC5CCOCC5)c(C#N)c4)c3o2)c(O)c1. The molecule has 0 aliphatic carbocycles. The number of phenols is 1. The molecule has 1 saturated heterocycles. The van der Waals surface area contributed by atoms with Crippen LogP contribution in [0.1, 0.15) is 28.8 Å². The number of hydrogen-bond acceptors (Lipinski definition) is 7. The highest BCUT2D eigenvalue weighted by molar-refractivity contribution is 5.96. The first kappa shape index (κ1) is 23.4. The summed E-state index contributed by atoms with van der Waals surface area (Å²) in [6.07, 6.45) is 3.30. The van der Waals surface area contributed by atoms with Gasteiger partial charge in [0.1, 0.15) is 34.9 Å². The molecule has 36 heavy (non-hydrogen) atoms. The van der Waals surface area contributed by atoms with Crippen LogP contribution >= 0.6 is 0 Å². The van der Waals surface area contributed by atoms with Gasteiger partial charge in [-0.25, -0.2) is 0 Å². The van der Waals surface area contributed by atoms with Gasteiger partial charge < -0.3 is 23.9 Å². The maximum atomic E-state index is 12.2. The molecule has 1 aliphatic heterocycles. The highest BCUT2D eigenvalue weighted by Crippen LogP contribution is 2.38. The molecule has 0 saturated carbocycles. The molecule has 0 unspecified atom stereocenters. The summed E-state index contributed by atoms with van der Waals surface area (Å²) in [6.45, 7) is 1.31. The molecule has 1 fully saturated rings. The average molecular weight is 484 g/mol. The molecule has 4 aromatic rings. The van der Waals surface area contributed by atoms with E-state index in [1.165, 1.54) is 11.0 Å². The third kappa shape index (κ3) is 4.49. The van der Waals surface area contributed by atoms with E-state index >= 15 is 0 Å². The van der Waals surface area contributed by atoms with E-state index in [4.69, 9.17) is 13.9 Å². The summed E-state index contributed by atoms with van der Waals surface area (Å²) in [5, 5.41) is 20.4. The summed E-state index contributed by atoms with van der Waals surface area (Å²) in [5.41, 5.74) is 3.96. The van der Waals surface area contributed by atoms with Crippen LogP contribution in [-0.4, -0.2) is 54.3 Å². The predicted octanol–water partition coefficient (Wildman–Crippen LogP) is 5.00. The quantitative estimate of drug-likeness (QED) is 0.425. The van der Waals surface area contributed by atoms with Crippen molar-refractivity contribution in [2.45, 2.75) is 18.9 Å². The van der Waals surface area contributed by atoms with Crippen molar-refractivity contribution in [3.05, 3.63) is 65.9 Å². The van der Waals surface area contributed by atoms with Gasteiger partial charge in [0.05, 0.1) is 24.3 Å². The summed E-state index contributed by atoms with van der Waals surface area (Å²) in [7, 11) is 3.31. The van der Waals surface area contributed by atoms with Crippen LogP contribution < -0.4 is 4.74 Å². The van der Waals surface area contributed by atoms with E-state index in [1.54, 1.807) is 44.6 Å². The van der Waals surface area contributed by atoms with Crippen molar-refractivity contribution in [1.29, 1.82) is 5.26 Å². The number of carbonyl (C=O) groups excluding carboxylic acids is 1. The van der Waals surface area contributed by atoms with Crippen molar-refractivity contribution in [1.82, 2.24) is 9.88 Å². The molecule has 1 aliphatic rings. The molecular formula is C28H25N3O5. The zero-order valence-electron chi connectivity index (χ0n) is 20.0. The molecule has 1 amide bonds. The topological polar surface area (TPSA) is 109 Å². The Morgan fingerprint density at radius 1 is 1.11 bits per heavy atom. The zero-order valence-corrected chi connectivity index (χ0v) is 20.0. The lowest BCUT2D eigenvalue weighted by molar-refractivity contribution is 0.0254. The summed E-state index contributed by atoms with van der Waals surface area (Å²) >= 11 is 0. The van der Waals surface area contributed by atoms with E-state index in [2.05, 4.69) is 11.1 Å². The lowest BCUT2D eigenvalue weighted by Gasteiger charge is -2.23. The largest absolute Gasteiger partial charge is 0.507 e. The highest BCUT2D eigenvalue weighted by atomic mass is 16.5. The fraction of sp³-hybridized carbons (Fsp3) is 0.250. The first-order chi connectivity index (χ1) is 17.4. The first-order valence-electron chi connectivity index (χ1n) is 11.7. The van der Waals surface area contributed by atoms with Crippen molar-refractivity contribution in [3.8, 4) is 40.0 Å². The van der Waals surface area contributed by atoms with Gasteiger partial charge in [0.25, 0.3) is 5.91 Å². The molecule has 8 nitrogen and oxygen atoms in total. The van der Waals surface area contributed by atoms with E-state index in [0.29, 0.717) is 52.5 Å². The Balaban J connectivity index is 1.49. The average Bonchev–Trinajstić information content (AvgIpc) is 3.33. The number of aromatic hydroxyl groups is 1. The molecule has 1 N–H and O–H groups in total. The lowest BCUT2D eigenvalue weighted by atomic mass is 10.0. The minimum Gasteiger partial charge on any atom is -0.507 e. The number of furan rings is 1. The summed E-state index contributed by atoms with van der Waals surface area (Å²) in [6, 6.07) is 16.0. The third-order valence-electron chi connectivity index (χ3n) is 6.20. The van der Waals surface area contributed by atoms with Crippen LogP contribution in [0.3, 0.4) is 0 Å². The summed E-state index contributed by atoms with van der Waals surface area (Å²) in [4.78, 5) is 18.1. The van der Waals surface area contributed by atoms with E-state index < -0.39 is 0 Å².